The molecule has 5 nitrogen and oxygen atoms in total. The summed E-state index contributed by atoms with van der Waals surface area (Å²) in [5.41, 5.74) is 1.05. The molecule has 0 bridgehead atoms. The Morgan fingerprint density at radius 1 is 1.47 bits per heavy atom. The van der Waals surface area contributed by atoms with Gasteiger partial charge < -0.3 is 14.9 Å². The minimum Gasteiger partial charge on any atom is -0.508 e. The monoisotopic (exact) mass is 233 g/mol. The van der Waals surface area contributed by atoms with Gasteiger partial charge >= 0.3 is 0 Å². The summed E-state index contributed by atoms with van der Waals surface area (Å²) >= 11 is 0. The van der Waals surface area contributed by atoms with Crippen molar-refractivity contribution in [3.63, 3.8) is 0 Å². The summed E-state index contributed by atoms with van der Waals surface area (Å²) in [4.78, 5) is 3.94. The molecule has 90 valence electrons. The van der Waals surface area contributed by atoms with Crippen LogP contribution in [0, 0.1) is 0 Å². The lowest BCUT2D eigenvalue weighted by Gasteiger charge is -2.13. The Morgan fingerprint density at radius 2 is 2.35 bits per heavy atom. The lowest BCUT2D eigenvalue weighted by Crippen LogP contribution is -2.21. The number of aromatic hydroxyl groups is 1. The fourth-order valence-corrected chi connectivity index (χ4v) is 1.61. The van der Waals surface area contributed by atoms with Crippen LogP contribution in [0.3, 0.4) is 0 Å². The summed E-state index contributed by atoms with van der Waals surface area (Å²) in [5.74, 6) is 0.911. The summed E-state index contributed by atoms with van der Waals surface area (Å²) in [6.07, 6.45) is 2.09. The summed E-state index contributed by atoms with van der Waals surface area (Å²) in [7, 11) is 0. The van der Waals surface area contributed by atoms with E-state index in [4.69, 9.17) is 4.52 Å². The number of nitrogens with zero attached hydrogens (tertiary/aromatic N) is 2. The van der Waals surface area contributed by atoms with Gasteiger partial charge in [-0.25, -0.2) is 0 Å². The Kier molecular flexibility index (Phi) is 3.72. The topological polar surface area (TPSA) is 71.2 Å². The van der Waals surface area contributed by atoms with Gasteiger partial charge in [-0.1, -0.05) is 17.3 Å². The number of benzene rings is 1. The molecule has 5 heteroatoms. The van der Waals surface area contributed by atoms with Crippen molar-refractivity contribution in [1.29, 1.82) is 0 Å². The first-order valence-corrected chi connectivity index (χ1v) is 5.53. The molecule has 0 saturated heterocycles. The first-order chi connectivity index (χ1) is 8.25. The van der Waals surface area contributed by atoms with Crippen LogP contribution in [-0.2, 0) is 6.42 Å². The molecule has 1 atom stereocenters. The quantitative estimate of drug-likeness (QED) is 0.822. The number of hydrogen-bond donors (Lipinski definition) is 2. The average molecular weight is 233 g/mol. The molecule has 0 aliphatic rings. The van der Waals surface area contributed by atoms with Gasteiger partial charge in [-0.2, -0.15) is 4.98 Å². The van der Waals surface area contributed by atoms with E-state index in [2.05, 4.69) is 15.5 Å². The Balaban J connectivity index is 1.83. The van der Waals surface area contributed by atoms with Gasteiger partial charge in [0.1, 0.15) is 5.75 Å². The first-order valence-electron chi connectivity index (χ1n) is 5.53. The third-order valence-corrected chi connectivity index (χ3v) is 2.57. The van der Waals surface area contributed by atoms with E-state index in [1.165, 1.54) is 6.33 Å². The van der Waals surface area contributed by atoms with E-state index >= 15 is 0 Å². The van der Waals surface area contributed by atoms with Gasteiger partial charge in [0, 0.05) is 19.0 Å². The van der Waals surface area contributed by atoms with Crippen molar-refractivity contribution in [2.24, 2.45) is 0 Å². The molecule has 1 unspecified atom stereocenters. The standard InChI is InChI=1S/C12H15N3O2/c1-9(10-3-2-4-11(16)7-10)13-6-5-12-14-8-15-17-12/h2-4,7-9,13,16H,5-6H2,1H3. The van der Waals surface area contributed by atoms with Gasteiger partial charge in [-0.15, -0.1) is 0 Å². The maximum absolute atomic E-state index is 9.38. The molecule has 17 heavy (non-hydrogen) atoms. The molecule has 0 aliphatic heterocycles. The second kappa shape index (κ2) is 5.45. The van der Waals surface area contributed by atoms with E-state index in [1.54, 1.807) is 12.1 Å². The van der Waals surface area contributed by atoms with Crippen molar-refractivity contribution in [1.82, 2.24) is 15.5 Å². The molecular formula is C12H15N3O2. The summed E-state index contributed by atoms with van der Waals surface area (Å²) < 4.78 is 4.90. The van der Waals surface area contributed by atoms with Crippen LogP contribution in [0.15, 0.2) is 35.1 Å². The number of hydrogen-bond acceptors (Lipinski definition) is 5. The number of nitrogens with one attached hydrogen (secondary N) is 1. The molecule has 1 heterocycles. The fourth-order valence-electron chi connectivity index (χ4n) is 1.61. The van der Waals surface area contributed by atoms with Gasteiger partial charge in [0.15, 0.2) is 6.33 Å². The van der Waals surface area contributed by atoms with Crippen molar-refractivity contribution in [2.75, 3.05) is 6.54 Å². The highest BCUT2D eigenvalue weighted by molar-refractivity contribution is 5.28. The molecule has 0 amide bonds. The predicted molar refractivity (Wildman–Crippen MR) is 62.5 cm³/mol. The van der Waals surface area contributed by atoms with Gasteiger partial charge in [-0.05, 0) is 24.6 Å². The number of rotatable bonds is 5. The van der Waals surface area contributed by atoms with Crippen LogP contribution in [0.2, 0.25) is 0 Å². The van der Waals surface area contributed by atoms with E-state index in [1.807, 2.05) is 19.1 Å². The van der Waals surface area contributed by atoms with Crippen molar-refractivity contribution in [3.05, 3.63) is 42.0 Å². The molecule has 0 saturated carbocycles. The van der Waals surface area contributed by atoms with Crippen molar-refractivity contribution >= 4 is 0 Å². The minimum absolute atomic E-state index is 0.171. The Labute approximate surface area is 99.5 Å². The molecule has 1 aromatic carbocycles. The van der Waals surface area contributed by atoms with Gasteiger partial charge in [0.05, 0.1) is 0 Å². The molecule has 2 aromatic rings. The average Bonchev–Trinajstić information content (AvgIpc) is 2.82. The lowest BCUT2D eigenvalue weighted by molar-refractivity contribution is 0.372. The largest absolute Gasteiger partial charge is 0.508 e. The highest BCUT2D eigenvalue weighted by Crippen LogP contribution is 2.17. The molecule has 0 aliphatic carbocycles. The van der Waals surface area contributed by atoms with E-state index in [-0.39, 0.29) is 11.8 Å². The SMILES string of the molecule is CC(NCCc1ncno1)c1cccc(O)c1. The molecule has 0 spiro atoms. The van der Waals surface area contributed by atoms with Crippen molar-refractivity contribution < 1.29 is 9.63 Å². The Hall–Kier alpha value is -1.88. The van der Waals surface area contributed by atoms with Crippen LogP contribution in [0.25, 0.3) is 0 Å². The van der Waals surface area contributed by atoms with Crippen LogP contribution in [0.1, 0.15) is 24.4 Å². The van der Waals surface area contributed by atoms with E-state index in [0.717, 1.165) is 12.1 Å². The molecule has 1 aromatic heterocycles. The van der Waals surface area contributed by atoms with Crippen LogP contribution < -0.4 is 5.32 Å². The van der Waals surface area contributed by atoms with E-state index in [0.29, 0.717) is 12.3 Å². The van der Waals surface area contributed by atoms with Crippen molar-refractivity contribution in [3.8, 4) is 5.75 Å². The zero-order chi connectivity index (χ0) is 12.1. The van der Waals surface area contributed by atoms with E-state index in [9.17, 15) is 5.11 Å². The third-order valence-electron chi connectivity index (χ3n) is 2.57. The molecule has 2 N–H and O–H groups in total. The second-order valence-corrected chi connectivity index (χ2v) is 3.86. The first kappa shape index (κ1) is 11.6. The number of phenols is 1. The van der Waals surface area contributed by atoms with Crippen LogP contribution in [0.4, 0.5) is 0 Å². The van der Waals surface area contributed by atoms with Crippen LogP contribution >= 0.6 is 0 Å². The summed E-state index contributed by atoms with van der Waals surface area (Å²) in [6, 6.07) is 7.40. The highest BCUT2D eigenvalue weighted by atomic mass is 16.5. The minimum atomic E-state index is 0.171. The fraction of sp³-hybridized carbons (Fsp3) is 0.333. The van der Waals surface area contributed by atoms with Gasteiger partial charge in [-0.3, -0.25) is 0 Å². The molecule has 0 fully saturated rings. The Morgan fingerprint density at radius 3 is 3.06 bits per heavy atom. The zero-order valence-corrected chi connectivity index (χ0v) is 9.63. The van der Waals surface area contributed by atoms with Crippen molar-refractivity contribution in [2.45, 2.75) is 19.4 Å². The second-order valence-electron chi connectivity index (χ2n) is 3.86. The molecular weight excluding hydrogens is 218 g/mol. The summed E-state index contributed by atoms with van der Waals surface area (Å²) in [6.45, 7) is 2.79. The highest BCUT2D eigenvalue weighted by Gasteiger charge is 2.06. The number of aromatic nitrogens is 2. The maximum atomic E-state index is 9.38. The Bertz CT molecular complexity index is 457. The van der Waals surface area contributed by atoms with Crippen LogP contribution in [-0.4, -0.2) is 21.8 Å². The van der Waals surface area contributed by atoms with Crippen LogP contribution in [0.5, 0.6) is 5.75 Å². The maximum Gasteiger partial charge on any atom is 0.227 e. The lowest BCUT2D eigenvalue weighted by atomic mass is 10.1. The normalized spacial score (nSPS) is 12.5. The summed E-state index contributed by atoms with van der Waals surface area (Å²) in [5, 5.41) is 16.2. The number of phenolic OH excluding ortho intramolecular Hbond substituents is 1. The third kappa shape index (κ3) is 3.29. The van der Waals surface area contributed by atoms with Gasteiger partial charge in [0.2, 0.25) is 5.89 Å². The molecule has 2 rings (SSSR count). The predicted octanol–water partition coefficient (Wildman–Crippen LogP) is 1.67. The smallest absolute Gasteiger partial charge is 0.227 e. The molecule has 0 radical (unpaired) electrons. The zero-order valence-electron chi connectivity index (χ0n) is 9.63. The van der Waals surface area contributed by atoms with E-state index < -0.39 is 0 Å². The van der Waals surface area contributed by atoms with Gasteiger partial charge in [0.25, 0.3) is 0 Å².